The van der Waals surface area contributed by atoms with E-state index in [1.165, 1.54) is 43.3 Å². The lowest BCUT2D eigenvalue weighted by atomic mass is 10.0. The molecule has 0 saturated carbocycles. The Kier molecular flexibility index (Phi) is 7.31. The monoisotopic (exact) mass is 384 g/mol. The van der Waals surface area contributed by atoms with E-state index >= 15 is 0 Å². The molecule has 1 aromatic rings. The lowest BCUT2D eigenvalue weighted by Gasteiger charge is -2.16. The minimum Gasteiger partial charge on any atom is -0.480 e. The number of nitrogens with zero attached hydrogens (tertiary/aromatic N) is 1. The van der Waals surface area contributed by atoms with Crippen molar-refractivity contribution in [3.8, 4) is 0 Å². The Morgan fingerprint density at radius 2 is 1.65 bits per heavy atom. The summed E-state index contributed by atoms with van der Waals surface area (Å²) in [5.41, 5.74) is 0.137. The number of amides is 2. The lowest BCUT2D eigenvalue weighted by Crippen LogP contribution is -2.41. The molecule has 2 amide bonds. The van der Waals surface area contributed by atoms with Crippen LogP contribution in [0, 0.1) is 5.92 Å². The largest absolute Gasteiger partial charge is 0.480 e. The van der Waals surface area contributed by atoms with Gasteiger partial charge in [0.15, 0.2) is 9.84 Å². The highest BCUT2D eigenvalue weighted by Gasteiger charge is 2.23. The zero-order chi connectivity index (χ0) is 20.1. The van der Waals surface area contributed by atoms with Crippen molar-refractivity contribution in [1.82, 2.24) is 10.2 Å². The molecule has 1 aromatic carbocycles. The summed E-state index contributed by atoms with van der Waals surface area (Å²) < 4.78 is 24.4. The van der Waals surface area contributed by atoms with Gasteiger partial charge >= 0.3 is 5.97 Å². The normalized spacial score (nSPS) is 12.5. The second kappa shape index (κ2) is 8.79. The van der Waals surface area contributed by atoms with E-state index in [9.17, 15) is 22.8 Å². The Morgan fingerprint density at radius 3 is 2.08 bits per heavy atom. The molecule has 1 rings (SSSR count). The van der Waals surface area contributed by atoms with Crippen LogP contribution in [0.1, 0.15) is 30.6 Å². The van der Waals surface area contributed by atoms with Crippen molar-refractivity contribution in [3.63, 3.8) is 0 Å². The second-order valence-corrected chi connectivity index (χ2v) is 8.56. The van der Waals surface area contributed by atoms with Crippen LogP contribution in [-0.2, 0) is 19.4 Å². The molecule has 0 aliphatic rings. The van der Waals surface area contributed by atoms with Gasteiger partial charge in [0.2, 0.25) is 5.91 Å². The molecule has 0 unspecified atom stereocenters. The van der Waals surface area contributed by atoms with E-state index in [4.69, 9.17) is 5.11 Å². The maximum absolute atomic E-state index is 12.2. The van der Waals surface area contributed by atoms with Crippen LogP contribution in [0.5, 0.6) is 0 Å². The molecule has 0 bridgehead atoms. The number of hydrogen-bond acceptors (Lipinski definition) is 5. The Bertz CT molecular complexity index is 769. The zero-order valence-corrected chi connectivity index (χ0v) is 16.0. The predicted molar refractivity (Wildman–Crippen MR) is 95.5 cm³/mol. The van der Waals surface area contributed by atoms with E-state index in [0.29, 0.717) is 0 Å². The van der Waals surface area contributed by atoms with Gasteiger partial charge in [-0.25, -0.2) is 13.2 Å². The van der Waals surface area contributed by atoms with Gasteiger partial charge in [-0.05, 0) is 36.6 Å². The fraction of sp³-hybridized carbons (Fsp3) is 0.471. The third-order valence-electron chi connectivity index (χ3n) is 3.60. The highest BCUT2D eigenvalue weighted by Crippen LogP contribution is 2.14. The smallest absolute Gasteiger partial charge is 0.326 e. The molecule has 144 valence electrons. The van der Waals surface area contributed by atoms with E-state index in [1.807, 2.05) is 13.8 Å². The van der Waals surface area contributed by atoms with Crippen LogP contribution in [0.3, 0.4) is 0 Å². The maximum atomic E-state index is 12.2. The summed E-state index contributed by atoms with van der Waals surface area (Å²) >= 11 is 0. The fourth-order valence-electron chi connectivity index (χ4n) is 2.12. The molecular formula is C17H24N2O6S. The number of sulfone groups is 1. The number of carboxylic acids is 1. The Hall–Kier alpha value is -2.42. The number of benzene rings is 1. The number of carbonyl (C=O) groups excluding carboxylic acids is 2. The second-order valence-electron chi connectivity index (χ2n) is 6.57. The van der Waals surface area contributed by atoms with E-state index < -0.39 is 39.4 Å². The van der Waals surface area contributed by atoms with Crippen molar-refractivity contribution >= 4 is 27.6 Å². The molecule has 0 radical (unpaired) electrons. The first-order chi connectivity index (χ1) is 11.9. The standard InChI is InChI=1S/C17H24N2O6S/c1-11(2)9-14(17(22)23)18-16(21)12-5-7-13(8-6-12)26(24,25)10-15(20)19(3)4/h5-8,11,14H,9-10H2,1-4H3,(H,18,21)(H,22,23)/t14-/m0/s1. The predicted octanol–water partition coefficient (Wildman–Crippen LogP) is 0.778. The average Bonchev–Trinajstić information content (AvgIpc) is 2.53. The first kappa shape index (κ1) is 21.6. The zero-order valence-electron chi connectivity index (χ0n) is 15.2. The molecule has 0 aromatic heterocycles. The molecule has 2 N–H and O–H groups in total. The summed E-state index contributed by atoms with van der Waals surface area (Å²) in [6, 6.07) is 4.01. The van der Waals surface area contributed by atoms with E-state index in [-0.39, 0.29) is 22.8 Å². The van der Waals surface area contributed by atoms with Crippen LogP contribution in [-0.4, -0.2) is 62.1 Å². The molecule has 0 aliphatic carbocycles. The van der Waals surface area contributed by atoms with Gasteiger partial charge in [0.25, 0.3) is 5.91 Å². The molecule has 0 fully saturated rings. The van der Waals surface area contributed by atoms with Gasteiger partial charge in [-0.15, -0.1) is 0 Å². The third-order valence-corrected chi connectivity index (χ3v) is 5.22. The van der Waals surface area contributed by atoms with Crippen LogP contribution >= 0.6 is 0 Å². The molecular weight excluding hydrogens is 360 g/mol. The topological polar surface area (TPSA) is 121 Å². The summed E-state index contributed by atoms with van der Waals surface area (Å²) in [5, 5.41) is 11.6. The van der Waals surface area contributed by atoms with Crippen LogP contribution in [0.2, 0.25) is 0 Å². The number of rotatable bonds is 8. The number of aliphatic carboxylic acids is 1. The summed E-state index contributed by atoms with van der Waals surface area (Å²) in [5.74, 6) is -2.87. The van der Waals surface area contributed by atoms with Gasteiger partial charge in [-0.2, -0.15) is 0 Å². The summed E-state index contributed by atoms with van der Waals surface area (Å²) in [6.45, 7) is 3.69. The third kappa shape index (κ3) is 6.14. The molecule has 1 atom stereocenters. The van der Waals surface area contributed by atoms with Crippen molar-refractivity contribution in [2.75, 3.05) is 19.8 Å². The van der Waals surface area contributed by atoms with E-state index in [0.717, 1.165) is 0 Å². The molecule has 26 heavy (non-hydrogen) atoms. The Morgan fingerprint density at radius 1 is 1.12 bits per heavy atom. The SMILES string of the molecule is CC(C)C[C@H](NC(=O)c1ccc(S(=O)(=O)CC(=O)N(C)C)cc1)C(=O)O. The summed E-state index contributed by atoms with van der Waals surface area (Å²) in [6.07, 6.45) is 0.278. The number of hydrogen-bond donors (Lipinski definition) is 2. The lowest BCUT2D eigenvalue weighted by molar-refractivity contribution is -0.139. The van der Waals surface area contributed by atoms with Crippen LogP contribution < -0.4 is 5.32 Å². The number of carboxylic acid groups (broad SMARTS) is 1. The molecule has 9 heteroatoms. The van der Waals surface area contributed by atoms with Gasteiger partial charge in [-0.1, -0.05) is 13.8 Å². The molecule has 0 aliphatic heterocycles. The van der Waals surface area contributed by atoms with Crippen LogP contribution in [0.15, 0.2) is 29.2 Å². The minimum atomic E-state index is -3.82. The van der Waals surface area contributed by atoms with E-state index in [2.05, 4.69) is 5.32 Å². The molecule has 0 spiro atoms. The first-order valence-electron chi connectivity index (χ1n) is 8.00. The highest BCUT2D eigenvalue weighted by atomic mass is 32.2. The summed E-state index contributed by atoms with van der Waals surface area (Å²) in [7, 11) is -0.897. The van der Waals surface area contributed by atoms with Gasteiger partial charge in [0.1, 0.15) is 11.8 Å². The van der Waals surface area contributed by atoms with Crippen molar-refractivity contribution in [2.45, 2.75) is 31.2 Å². The first-order valence-corrected chi connectivity index (χ1v) is 9.66. The van der Waals surface area contributed by atoms with Crippen LogP contribution in [0.25, 0.3) is 0 Å². The Balaban J connectivity index is 2.90. The van der Waals surface area contributed by atoms with Crippen molar-refractivity contribution in [3.05, 3.63) is 29.8 Å². The molecule has 8 nitrogen and oxygen atoms in total. The van der Waals surface area contributed by atoms with Gasteiger partial charge in [0, 0.05) is 19.7 Å². The molecule has 0 heterocycles. The fourth-order valence-corrected chi connectivity index (χ4v) is 3.42. The average molecular weight is 384 g/mol. The minimum absolute atomic E-state index is 0.0816. The van der Waals surface area contributed by atoms with Crippen molar-refractivity contribution < 1.29 is 27.9 Å². The molecule has 0 saturated heterocycles. The number of nitrogens with one attached hydrogen (secondary N) is 1. The van der Waals surface area contributed by atoms with E-state index in [1.54, 1.807) is 0 Å². The van der Waals surface area contributed by atoms with Gasteiger partial charge in [0.05, 0.1) is 4.90 Å². The van der Waals surface area contributed by atoms with Crippen LogP contribution in [0.4, 0.5) is 0 Å². The van der Waals surface area contributed by atoms with Gasteiger partial charge < -0.3 is 15.3 Å². The number of carbonyl (C=O) groups is 3. The quantitative estimate of drug-likeness (QED) is 0.683. The highest BCUT2D eigenvalue weighted by molar-refractivity contribution is 7.92. The van der Waals surface area contributed by atoms with Gasteiger partial charge in [-0.3, -0.25) is 9.59 Å². The summed E-state index contributed by atoms with van der Waals surface area (Å²) in [4.78, 5) is 36.1. The maximum Gasteiger partial charge on any atom is 0.326 e. The Labute approximate surface area is 153 Å². The van der Waals surface area contributed by atoms with Crippen molar-refractivity contribution in [2.24, 2.45) is 5.92 Å². The van der Waals surface area contributed by atoms with Crippen molar-refractivity contribution in [1.29, 1.82) is 0 Å².